The van der Waals surface area contributed by atoms with Crippen molar-refractivity contribution in [3.63, 3.8) is 0 Å². The fourth-order valence-corrected chi connectivity index (χ4v) is 6.16. The highest BCUT2D eigenvalue weighted by molar-refractivity contribution is 14.1. The number of ether oxygens (including phenoxy) is 2. The summed E-state index contributed by atoms with van der Waals surface area (Å²) >= 11 is 11.0. The summed E-state index contributed by atoms with van der Waals surface area (Å²) in [6.45, 7) is 5.46. The summed E-state index contributed by atoms with van der Waals surface area (Å²) in [6.07, 6.45) is 0.0559. The highest BCUT2D eigenvalue weighted by atomic mass is 127. The van der Waals surface area contributed by atoms with Crippen molar-refractivity contribution in [3.05, 3.63) is 37.0 Å². The van der Waals surface area contributed by atoms with E-state index in [0.29, 0.717) is 7.14 Å². The second-order valence-corrected chi connectivity index (χ2v) is 9.20. The van der Waals surface area contributed by atoms with Crippen molar-refractivity contribution in [2.75, 3.05) is 16.3 Å². The Hall–Kier alpha value is -1.01. The Morgan fingerprint density at radius 3 is 2.29 bits per heavy atom. The van der Waals surface area contributed by atoms with Gasteiger partial charge in [0.1, 0.15) is 6.61 Å². The van der Waals surface area contributed by atoms with Crippen LogP contribution in [0.15, 0.2) is 18.7 Å². The summed E-state index contributed by atoms with van der Waals surface area (Å²) in [6, 6.07) is 1.41. The maximum atomic E-state index is 13.0. The minimum absolute atomic E-state index is 0.0441. The molecule has 0 aromatic heterocycles. The van der Waals surface area contributed by atoms with Crippen molar-refractivity contribution in [3.8, 4) is 0 Å². The molecule has 0 aliphatic carbocycles. The Balaban J connectivity index is 3.50. The summed E-state index contributed by atoms with van der Waals surface area (Å²) in [4.78, 5) is 60.1. The topological polar surface area (TPSA) is 119 Å². The van der Waals surface area contributed by atoms with Gasteiger partial charge in [-0.25, -0.2) is 3.11 Å². The molecular weight excluding hydrogens is 772 g/mol. The van der Waals surface area contributed by atoms with Gasteiger partial charge in [0.2, 0.25) is 6.10 Å². The second-order valence-electron chi connectivity index (χ2n) is 5.74. The number of amides is 2. The molecule has 0 bridgehead atoms. The molecular formula is C18H16ClI3N2O7. The van der Waals surface area contributed by atoms with Crippen molar-refractivity contribution in [2.45, 2.75) is 20.0 Å². The third kappa shape index (κ3) is 7.81. The first-order valence-electron chi connectivity index (χ1n) is 8.33. The number of rotatable bonds is 9. The number of nitrogens with zero attached hydrogens (tertiary/aromatic N) is 1. The number of nitrogens with one attached hydrogen (secondary N) is 1. The molecule has 0 saturated heterocycles. The largest absolute Gasteiger partial charge is 0.461 e. The summed E-state index contributed by atoms with van der Waals surface area (Å²) in [5.41, 5.74) is 0.322. The van der Waals surface area contributed by atoms with Crippen LogP contribution in [0, 0.1) is 7.14 Å². The van der Waals surface area contributed by atoms with Crippen molar-refractivity contribution in [1.82, 2.24) is 5.32 Å². The van der Waals surface area contributed by atoms with E-state index in [2.05, 4.69) is 11.9 Å². The predicted molar refractivity (Wildman–Crippen MR) is 138 cm³/mol. The fourth-order valence-electron chi connectivity index (χ4n) is 2.16. The van der Waals surface area contributed by atoms with Gasteiger partial charge in [0.05, 0.1) is 43.2 Å². The Labute approximate surface area is 224 Å². The smallest absolute Gasteiger partial charge is 0.303 e. The van der Waals surface area contributed by atoms with Crippen LogP contribution in [0.1, 0.15) is 34.6 Å². The molecule has 0 fully saturated rings. The lowest BCUT2D eigenvalue weighted by atomic mass is 10.1. The minimum Gasteiger partial charge on any atom is -0.461 e. The lowest BCUT2D eigenvalue weighted by Gasteiger charge is -2.24. The van der Waals surface area contributed by atoms with Crippen molar-refractivity contribution in [2.24, 2.45) is 0 Å². The minimum atomic E-state index is -1.43. The maximum Gasteiger partial charge on any atom is 0.303 e. The number of carbonyl (C=O) groups excluding carboxylic acids is 5. The molecule has 0 heterocycles. The molecule has 9 nitrogen and oxygen atoms in total. The molecule has 1 aromatic rings. The Bertz CT molecular complexity index is 939. The first kappa shape index (κ1) is 28.0. The average Bonchev–Trinajstić information content (AvgIpc) is 2.67. The average molecular weight is 788 g/mol. The van der Waals surface area contributed by atoms with E-state index in [1.807, 2.05) is 45.2 Å². The van der Waals surface area contributed by atoms with Gasteiger partial charge in [0, 0.05) is 24.0 Å². The van der Waals surface area contributed by atoms with Gasteiger partial charge in [-0.3, -0.25) is 24.0 Å². The summed E-state index contributed by atoms with van der Waals surface area (Å²) in [5.74, 6) is -2.67. The molecule has 0 radical (unpaired) electrons. The summed E-state index contributed by atoms with van der Waals surface area (Å²) in [5, 5.41) is 1.78. The van der Waals surface area contributed by atoms with E-state index in [0.717, 1.165) is 17.0 Å². The molecule has 0 aliphatic rings. The number of benzene rings is 1. The van der Waals surface area contributed by atoms with Gasteiger partial charge in [-0.2, -0.15) is 0 Å². The highest BCUT2D eigenvalue weighted by Crippen LogP contribution is 2.35. The SMILES string of the molecule is C=CCNC(=O)c1cc(N(I)C(=O)C(COC(C)=O)OC(C)=O)c(I)c(C(=O)Cl)c1I. The molecule has 0 saturated carbocycles. The molecule has 1 unspecified atom stereocenters. The third-order valence-electron chi connectivity index (χ3n) is 3.46. The predicted octanol–water partition coefficient (Wildman–Crippen LogP) is 3.37. The van der Waals surface area contributed by atoms with Crippen LogP contribution in [-0.2, 0) is 23.9 Å². The number of halogens is 4. The fraction of sp³-hybridized carbons (Fsp3) is 0.278. The molecule has 168 valence electrons. The maximum absolute atomic E-state index is 13.0. The third-order valence-corrected chi connectivity index (χ3v) is 6.85. The van der Waals surface area contributed by atoms with E-state index in [1.54, 1.807) is 22.9 Å². The molecule has 0 spiro atoms. The van der Waals surface area contributed by atoms with E-state index in [9.17, 15) is 24.0 Å². The van der Waals surface area contributed by atoms with Gasteiger partial charge in [-0.1, -0.05) is 6.08 Å². The van der Waals surface area contributed by atoms with Crippen molar-refractivity contribution in [1.29, 1.82) is 0 Å². The first-order chi connectivity index (χ1) is 14.4. The Morgan fingerprint density at radius 1 is 1.19 bits per heavy atom. The van der Waals surface area contributed by atoms with E-state index in [-0.39, 0.29) is 23.4 Å². The van der Waals surface area contributed by atoms with Gasteiger partial charge in [0.15, 0.2) is 0 Å². The highest BCUT2D eigenvalue weighted by Gasteiger charge is 2.32. The van der Waals surface area contributed by atoms with Crippen LogP contribution in [-0.4, -0.2) is 48.3 Å². The first-order valence-corrected chi connectivity index (χ1v) is 11.8. The molecule has 1 N–H and O–H groups in total. The number of carbonyl (C=O) groups is 5. The monoisotopic (exact) mass is 788 g/mol. The Morgan fingerprint density at radius 2 is 1.81 bits per heavy atom. The lowest BCUT2D eigenvalue weighted by molar-refractivity contribution is -0.160. The Kier molecular flexibility index (Phi) is 11.6. The van der Waals surface area contributed by atoms with Crippen LogP contribution < -0.4 is 8.43 Å². The van der Waals surface area contributed by atoms with Gasteiger partial charge in [-0.05, 0) is 62.8 Å². The van der Waals surface area contributed by atoms with Crippen molar-refractivity contribution < 1.29 is 33.4 Å². The van der Waals surface area contributed by atoms with E-state index < -0.39 is 41.7 Å². The van der Waals surface area contributed by atoms with Crippen molar-refractivity contribution >= 4 is 114 Å². The zero-order valence-corrected chi connectivity index (χ0v) is 23.4. The molecule has 2 amide bonds. The second kappa shape index (κ2) is 12.9. The molecule has 31 heavy (non-hydrogen) atoms. The van der Waals surface area contributed by atoms with Crippen LogP contribution in [0.4, 0.5) is 5.69 Å². The van der Waals surface area contributed by atoms with Gasteiger partial charge < -0.3 is 14.8 Å². The van der Waals surface area contributed by atoms with Crippen LogP contribution in [0.25, 0.3) is 0 Å². The van der Waals surface area contributed by atoms with E-state index >= 15 is 0 Å². The summed E-state index contributed by atoms with van der Waals surface area (Å²) < 4.78 is 11.5. The number of esters is 2. The van der Waals surface area contributed by atoms with Crippen LogP contribution in [0.5, 0.6) is 0 Å². The standard InChI is InChI=1S/C18H16ClI3N2O7/c1-4-5-23-17(28)10-6-11(15(21)13(14(10)20)16(19)27)24(22)18(29)12(31-9(3)26)7-30-8(2)25/h4,6,12H,1,5,7H2,2-3H3,(H,23,28). The molecule has 13 heteroatoms. The molecule has 1 rings (SSSR count). The zero-order valence-electron chi connectivity index (χ0n) is 16.2. The normalized spacial score (nSPS) is 11.2. The molecule has 0 aliphatic heterocycles. The van der Waals surface area contributed by atoms with E-state index in [1.165, 1.54) is 12.1 Å². The van der Waals surface area contributed by atoms with Gasteiger partial charge in [-0.15, -0.1) is 6.58 Å². The number of anilines is 1. The lowest BCUT2D eigenvalue weighted by Crippen LogP contribution is -2.40. The number of hydrogen-bond acceptors (Lipinski definition) is 7. The summed E-state index contributed by atoms with van der Waals surface area (Å²) in [7, 11) is 0. The van der Waals surface area contributed by atoms with E-state index in [4.69, 9.17) is 21.1 Å². The zero-order chi connectivity index (χ0) is 23.9. The van der Waals surface area contributed by atoms with Crippen LogP contribution in [0.2, 0.25) is 0 Å². The number of hydrogen-bond donors (Lipinski definition) is 1. The van der Waals surface area contributed by atoms with Gasteiger partial charge >= 0.3 is 11.9 Å². The quantitative estimate of drug-likeness (QED) is 0.134. The van der Waals surface area contributed by atoms with Gasteiger partial charge in [0.25, 0.3) is 17.1 Å². The molecule has 1 atom stereocenters. The van der Waals surface area contributed by atoms with Crippen LogP contribution in [0.3, 0.4) is 0 Å². The molecule has 1 aromatic carbocycles. The van der Waals surface area contributed by atoms with Crippen LogP contribution >= 0.6 is 79.6 Å².